The molecule has 4 rings (SSSR count). The van der Waals surface area contributed by atoms with Crippen LogP contribution in [0.3, 0.4) is 0 Å². The van der Waals surface area contributed by atoms with E-state index in [-0.39, 0.29) is 29.7 Å². The van der Waals surface area contributed by atoms with Gasteiger partial charge in [0.25, 0.3) is 10.0 Å². The highest BCUT2D eigenvalue weighted by molar-refractivity contribution is 7.89. The average Bonchev–Trinajstić information content (AvgIpc) is 3.60. The third-order valence-corrected chi connectivity index (χ3v) is 9.00. The van der Waals surface area contributed by atoms with Crippen LogP contribution in [0.2, 0.25) is 0 Å². The quantitative estimate of drug-likeness (QED) is 0.414. The second-order valence-corrected chi connectivity index (χ2v) is 13.3. The van der Waals surface area contributed by atoms with Crippen LogP contribution in [-0.4, -0.2) is 54.8 Å². The first-order valence-corrected chi connectivity index (χ1v) is 14.5. The van der Waals surface area contributed by atoms with E-state index in [1.165, 1.54) is 0 Å². The first-order chi connectivity index (χ1) is 20.2. The molecular formula is C27H29F3N6O7S. The summed E-state index contributed by atoms with van der Waals surface area (Å²) in [5.74, 6) is -0.820. The molecule has 1 unspecified atom stereocenters. The number of benzene rings is 2. The molecule has 0 radical (unpaired) electrons. The van der Waals surface area contributed by atoms with Crippen molar-refractivity contribution in [3.8, 4) is 0 Å². The standard InChI is InChI=1S/C27H29F3N6O7S/c1-24(2,3)43-23(40)35(4)44(41,42)18-9-10-20(19(13-18)26(15-32-34-33-26)25(11-12-25)21(31)37)36(22(38)39)14-16-5-7-17(8-6-16)27(28,29)30/h5-10,13,15H,11-12,14H2,1-4H3,(H2,31,37)(H,38,39). The minimum absolute atomic E-state index is 0.147. The maximum absolute atomic E-state index is 13.6. The molecule has 17 heteroatoms. The van der Waals surface area contributed by atoms with Crippen molar-refractivity contribution in [3.05, 3.63) is 59.2 Å². The van der Waals surface area contributed by atoms with Crippen LogP contribution in [0, 0.1) is 5.41 Å². The van der Waals surface area contributed by atoms with Crippen LogP contribution in [0.25, 0.3) is 0 Å². The van der Waals surface area contributed by atoms with Gasteiger partial charge in [0, 0.05) is 12.6 Å². The van der Waals surface area contributed by atoms with Crippen molar-refractivity contribution >= 4 is 40.0 Å². The van der Waals surface area contributed by atoms with E-state index in [0.29, 0.717) is 4.31 Å². The Morgan fingerprint density at radius 1 is 1.07 bits per heavy atom. The molecule has 0 bridgehead atoms. The van der Waals surface area contributed by atoms with Crippen LogP contribution in [0.15, 0.2) is 62.8 Å². The second kappa shape index (κ2) is 10.9. The van der Waals surface area contributed by atoms with Gasteiger partial charge in [0.1, 0.15) is 5.60 Å². The number of nitrogens with zero attached hydrogens (tertiary/aromatic N) is 5. The molecule has 44 heavy (non-hydrogen) atoms. The molecule has 3 N–H and O–H groups in total. The maximum Gasteiger partial charge on any atom is 0.424 e. The summed E-state index contributed by atoms with van der Waals surface area (Å²) in [4.78, 5) is 38.2. The lowest BCUT2D eigenvalue weighted by molar-refractivity contribution is -0.137. The summed E-state index contributed by atoms with van der Waals surface area (Å²) in [5, 5.41) is 21.8. The Balaban J connectivity index is 1.89. The highest BCUT2D eigenvalue weighted by Crippen LogP contribution is 2.62. The van der Waals surface area contributed by atoms with Crippen LogP contribution in [0.4, 0.5) is 28.4 Å². The van der Waals surface area contributed by atoms with Crippen LogP contribution < -0.4 is 10.6 Å². The Hall–Kier alpha value is -4.54. The summed E-state index contributed by atoms with van der Waals surface area (Å²) in [5.41, 5.74) is 0.360. The molecule has 3 amide bonds. The number of hydrogen-bond acceptors (Lipinski definition) is 9. The molecule has 0 aromatic heterocycles. The van der Waals surface area contributed by atoms with Crippen molar-refractivity contribution in [1.29, 1.82) is 0 Å². The van der Waals surface area contributed by atoms with Gasteiger partial charge in [0.2, 0.25) is 5.91 Å². The van der Waals surface area contributed by atoms with Gasteiger partial charge in [-0.05, 0) is 74.7 Å². The molecule has 2 aromatic carbocycles. The number of carboxylic acid groups (broad SMARTS) is 1. The first-order valence-electron chi connectivity index (χ1n) is 13.0. The van der Waals surface area contributed by atoms with Crippen molar-refractivity contribution in [3.63, 3.8) is 0 Å². The van der Waals surface area contributed by atoms with Crippen molar-refractivity contribution in [1.82, 2.24) is 4.31 Å². The van der Waals surface area contributed by atoms with E-state index >= 15 is 0 Å². The predicted octanol–water partition coefficient (Wildman–Crippen LogP) is 4.86. The molecule has 0 spiro atoms. The SMILES string of the molecule is CN(C(=O)OC(C)(C)C)S(=O)(=O)c1ccc(N(Cc2ccc(C(F)(F)F)cc2)C(=O)O)c(C2(C3(C(N)=O)CC3)C=NN=N2)c1. The lowest BCUT2D eigenvalue weighted by Crippen LogP contribution is -2.45. The lowest BCUT2D eigenvalue weighted by atomic mass is 9.75. The molecule has 0 saturated heterocycles. The summed E-state index contributed by atoms with van der Waals surface area (Å²) in [6.07, 6.45) is -5.82. The van der Waals surface area contributed by atoms with Gasteiger partial charge in [-0.1, -0.05) is 12.1 Å². The summed E-state index contributed by atoms with van der Waals surface area (Å²) in [6.45, 7) is 4.16. The number of primary amides is 1. The minimum Gasteiger partial charge on any atom is -0.465 e. The molecule has 1 aliphatic carbocycles. The number of rotatable bonds is 8. The fourth-order valence-corrected chi connectivity index (χ4v) is 5.87. The fraction of sp³-hybridized carbons (Fsp3) is 0.407. The predicted molar refractivity (Wildman–Crippen MR) is 149 cm³/mol. The van der Waals surface area contributed by atoms with E-state index in [1.807, 2.05) is 0 Å². The maximum atomic E-state index is 13.6. The zero-order chi connectivity index (χ0) is 32.9. The molecule has 1 fully saturated rings. The van der Waals surface area contributed by atoms with E-state index in [0.717, 1.165) is 60.6 Å². The van der Waals surface area contributed by atoms with E-state index < -0.39 is 67.9 Å². The zero-order valence-electron chi connectivity index (χ0n) is 24.0. The van der Waals surface area contributed by atoms with Crippen molar-refractivity contribution in [2.24, 2.45) is 26.6 Å². The largest absolute Gasteiger partial charge is 0.465 e. The van der Waals surface area contributed by atoms with Crippen LogP contribution in [-0.2, 0) is 37.8 Å². The van der Waals surface area contributed by atoms with Gasteiger partial charge >= 0.3 is 18.4 Å². The third-order valence-electron chi connectivity index (χ3n) is 7.28. The number of nitrogens with two attached hydrogens (primary N) is 1. The Kier molecular flexibility index (Phi) is 8.00. The Morgan fingerprint density at radius 2 is 1.68 bits per heavy atom. The highest BCUT2D eigenvalue weighted by Gasteiger charge is 2.66. The smallest absolute Gasteiger partial charge is 0.424 e. The normalized spacial score (nSPS) is 19.0. The minimum atomic E-state index is -4.62. The number of ether oxygens (including phenoxy) is 1. The van der Waals surface area contributed by atoms with Crippen LogP contribution in [0.1, 0.15) is 50.3 Å². The number of sulfonamides is 1. The van der Waals surface area contributed by atoms with Gasteiger partial charge in [0.05, 0.1) is 34.3 Å². The van der Waals surface area contributed by atoms with Gasteiger partial charge < -0.3 is 15.6 Å². The number of hydrogen-bond donors (Lipinski definition) is 2. The number of carbonyl (C=O) groups is 3. The molecule has 236 valence electrons. The van der Waals surface area contributed by atoms with Crippen molar-refractivity contribution in [2.45, 2.75) is 62.4 Å². The number of halogens is 3. The number of anilines is 1. The van der Waals surface area contributed by atoms with E-state index in [9.17, 15) is 41.1 Å². The Morgan fingerprint density at radius 3 is 2.14 bits per heavy atom. The Labute approximate surface area is 250 Å². The monoisotopic (exact) mass is 638 g/mol. The molecule has 1 saturated carbocycles. The average molecular weight is 639 g/mol. The highest BCUT2D eigenvalue weighted by atomic mass is 32.2. The van der Waals surface area contributed by atoms with Gasteiger partial charge in [-0.3, -0.25) is 9.69 Å². The van der Waals surface area contributed by atoms with Gasteiger partial charge in [-0.15, -0.1) is 5.10 Å². The van der Waals surface area contributed by atoms with E-state index in [2.05, 4.69) is 15.4 Å². The Bertz CT molecular complexity index is 1650. The van der Waals surface area contributed by atoms with Gasteiger partial charge in [0.15, 0.2) is 5.54 Å². The molecule has 1 atom stereocenters. The number of alkyl halides is 3. The molecule has 2 aliphatic rings. The van der Waals surface area contributed by atoms with Gasteiger partial charge in [-0.2, -0.15) is 18.3 Å². The van der Waals surface area contributed by atoms with Crippen LogP contribution in [0.5, 0.6) is 0 Å². The topological polar surface area (TPSA) is 184 Å². The lowest BCUT2D eigenvalue weighted by Gasteiger charge is -2.34. The molecular weight excluding hydrogens is 609 g/mol. The zero-order valence-corrected chi connectivity index (χ0v) is 24.8. The van der Waals surface area contributed by atoms with Crippen molar-refractivity contribution in [2.75, 3.05) is 11.9 Å². The summed E-state index contributed by atoms with van der Waals surface area (Å²) < 4.78 is 72.0. The third kappa shape index (κ3) is 5.82. The van der Waals surface area contributed by atoms with Gasteiger partial charge in [-0.25, -0.2) is 22.3 Å². The van der Waals surface area contributed by atoms with Crippen molar-refractivity contribution < 1.29 is 45.8 Å². The second-order valence-electron chi connectivity index (χ2n) is 11.3. The molecule has 13 nitrogen and oxygen atoms in total. The fourth-order valence-electron chi connectivity index (χ4n) is 4.81. The first kappa shape index (κ1) is 32.4. The molecule has 1 heterocycles. The number of amides is 3. The van der Waals surface area contributed by atoms with E-state index in [4.69, 9.17) is 10.5 Å². The summed E-state index contributed by atoms with van der Waals surface area (Å²) in [6, 6.07) is 7.01. The van der Waals surface area contributed by atoms with E-state index in [1.54, 1.807) is 20.8 Å². The van der Waals surface area contributed by atoms with Crippen LogP contribution >= 0.6 is 0 Å². The summed E-state index contributed by atoms with van der Waals surface area (Å²) in [7, 11) is -3.65. The molecule has 1 aliphatic heterocycles. The summed E-state index contributed by atoms with van der Waals surface area (Å²) >= 11 is 0. The molecule has 2 aromatic rings. The number of carbonyl (C=O) groups excluding carboxylic acids is 2.